The molecule has 0 saturated heterocycles. The summed E-state index contributed by atoms with van der Waals surface area (Å²) >= 11 is 3.90. The monoisotopic (exact) mass is 305 g/mol. The summed E-state index contributed by atoms with van der Waals surface area (Å²) in [6.45, 7) is 5.57. The normalized spacial score (nSPS) is 19.8. The maximum Gasteiger partial charge on any atom is 0.0484 e. The summed E-state index contributed by atoms with van der Waals surface area (Å²) in [5, 5.41) is 6.09. The molecular formula is C17H23NS2. The van der Waals surface area contributed by atoms with Gasteiger partial charge in [0.05, 0.1) is 0 Å². The number of rotatable bonds is 5. The van der Waals surface area contributed by atoms with E-state index in [4.69, 9.17) is 0 Å². The molecule has 2 unspecified atom stereocenters. The van der Waals surface area contributed by atoms with Crippen LogP contribution in [0.25, 0.3) is 0 Å². The highest BCUT2D eigenvalue weighted by Crippen LogP contribution is 2.43. The second-order valence-electron chi connectivity index (χ2n) is 5.68. The average Bonchev–Trinajstić information content (AvgIpc) is 3.08. The Hall–Kier alpha value is -0.640. The summed E-state index contributed by atoms with van der Waals surface area (Å²) in [7, 11) is 0. The Kier molecular flexibility index (Phi) is 4.59. The Morgan fingerprint density at radius 3 is 3.00 bits per heavy atom. The second kappa shape index (κ2) is 6.42. The van der Waals surface area contributed by atoms with E-state index in [2.05, 4.69) is 42.7 Å². The zero-order chi connectivity index (χ0) is 13.9. The number of hydrogen-bond acceptors (Lipinski definition) is 3. The summed E-state index contributed by atoms with van der Waals surface area (Å²) in [5.74, 6) is 0.662. The van der Waals surface area contributed by atoms with Crippen molar-refractivity contribution in [3.63, 3.8) is 0 Å². The number of fused-ring (bicyclic) bond motifs is 1. The van der Waals surface area contributed by atoms with Crippen molar-refractivity contribution in [2.24, 2.45) is 0 Å². The highest BCUT2D eigenvalue weighted by Gasteiger charge is 2.30. The fourth-order valence-electron chi connectivity index (χ4n) is 3.23. The van der Waals surface area contributed by atoms with E-state index >= 15 is 0 Å². The van der Waals surface area contributed by atoms with Gasteiger partial charge in [-0.2, -0.15) is 0 Å². The average molecular weight is 306 g/mol. The molecule has 20 heavy (non-hydrogen) atoms. The summed E-state index contributed by atoms with van der Waals surface area (Å²) in [6, 6.07) is 7.46. The first-order chi connectivity index (χ1) is 9.79. The number of nitrogens with one attached hydrogen (secondary N) is 1. The van der Waals surface area contributed by atoms with Crippen molar-refractivity contribution in [2.75, 3.05) is 6.54 Å². The van der Waals surface area contributed by atoms with E-state index in [0.717, 1.165) is 6.54 Å². The van der Waals surface area contributed by atoms with Gasteiger partial charge in [0.15, 0.2) is 0 Å². The summed E-state index contributed by atoms with van der Waals surface area (Å²) in [4.78, 5) is 4.56. The van der Waals surface area contributed by atoms with Crippen molar-refractivity contribution in [3.8, 4) is 0 Å². The van der Waals surface area contributed by atoms with Crippen molar-refractivity contribution in [1.82, 2.24) is 5.32 Å². The summed E-state index contributed by atoms with van der Waals surface area (Å²) < 4.78 is 0. The zero-order valence-electron chi connectivity index (χ0n) is 12.3. The standard InChI is InChI=1S/C17H23NS2/c1-3-10-18-17(16-8-7-12(2)20-16)14-5-4-6-15-13(14)9-11-19-15/h7-9,11,14,17-18H,3-6,10H2,1-2H3. The highest BCUT2D eigenvalue weighted by molar-refractivity contribution is 7.12. The van der Waals surface area contributed by atoms with Gasteiger partial charge in [0.25, 0.3) is 0 Å². The molecule has 1 aliphatic carbocycles. The van der Waals surface area contributed by atoms with Crippen molar-refractivity contribution < 1.29 is 0 Å². The molecule has 0 spiro atoms. The van der Waals surface area contributed by atoms with Crippen molar-refractivity contribution in [2.45, 2.75) is 51.5 Å². The molecule has 0 bridgehead atoms. The van der Waals surface area contributed by atoms with E-state index in [1.807, 2.05) is 22.7 Å². The summed E-state index contributed by atoms with van der Waals surface area (Å²) in [5.41, 5.74) is 1.61. The quantitative estimate of drug-likeness (QED) is 0.792. The Balaban J connectivity index is 1.90. The van der Waals surface area contributed by atoms with Crippen LogP contribution in [-0.4, -0.2) is 6.54 Å². The third kappa shape index (κ3) is 2.85. The Bertz CT molecular complexity index is 555. The van der Waals surface area contributed by atoms with Crippen LogP contribution in [0.15, 0.2) is 23.6 Å². The predicted octanol–water partition coefficient (Wildman–Crippen LogP) is 5.28. The van der Waals surface area contributed by atoms with Gasteiger partial charge in [-0.25, -0.2) is 0 Å². The molecule has 2 heterocycles. The van der Waals surface area contributed by atoms with Gasteiger partial charge in [0.1, 0.15) is 0 Å². The lowest BCUT2D eigenvalue weighted by Crippen LogP contribution is -2.28. The molecule has 2 aromatic rings. The fourth-order valence-corrected chi connectivity index (χ4v) is 5.25. The smallest absolute Gasteiger partial charge is 0.0484 e. The van der Waals surface area contributed by atoms with E-state index in [1.165, 1.54) is 35.4 Å². The highest BCUT2D eigenvalue weighted by atomic mass is 32.1. The molecule has 1 aliphatic rings. The number of aryl methyl sites for hydroxylation is 2. The van der Waals surface area contributed by atoms with Gasteiger partial charge >= 0.3 is 0 Å². The molecule has 1 N–H and O–H groups in total. The van der Waals surface area contributed by atoms with Gasteiger partial charge in [-0.05, 0) is 68.3 Å². The SMILES string of the molecule is CCCNC(c1ccc(C)s1)C1CCCc2sccc21. The minimum atomic E-state index is 0.502. The minimum absolute atomic E-state index is 0.502. The molecular weight excluding hydrogens is 282 g/mol. The van der Waals surface area contributed by atoms with Crippen molar-refractivity contribution in [3.05, 3.63) is 43.8 Å². The Morgan fingerprint density at radius 1 is 1.35 bits per heavy atom. The second-order valence-corrected chi connectivity index (χ2v) is 8.00. The third-order valence-corrected chi connectivity index (χ3v) is 6.26. The van der Waals surface area contributed by atoms with E-state index in [-0.39, 0.29) is 0 Å². The molecule has 1 nitrogen and oxygen atoms in total. The lowest BCUT2D eigenvalue weighted by molar-refractivity contribution is 0.409. The summed E-state index contributed by atoms with van der Waals surface area (Å²) in [6.07, 6.45) is 5.15. The van der Waals surface area contributed by atoms with E-state index in [9.17, 15) is 0 Å². The van der Waals surface area contributed by atoms with Gasteiger partial charge in [0.2, 0.25) is 0 Å². The number of hydrogen-bond donors (Lipinski definition) is 1. The first-order valence-electron chi connectivity index (χ1n) is 7.65. The van der Waals surface area contributed by atoms with Crippen LogP contribution >= 0.6 is 22.7 Å². The maximum atomic E-state index is 3.81. The Morgan fingerprint density at radius 2 is 2.25 bits per heavy atom. The molecule has 3 rings (SSSR count). The van der Waals surface area contributed by atoms with Crippen LogP contribution in [0.1, 0.15) is 58.3 Å². The third-order valence-electron chi connectivity index (χ3n) is 4.18. The van der Waals surface area contributed by atoms with E-state index < -0.39 is 0 Å². The van der Waals surface area contributed by atoms with Gasteiger partial charge in [0, 0.05) is 26.6 Å². The molecule has 0 amide bonds. The van der Waals surface area contributed by atoms with Crippen LogP contribution in [0.3, 0.4) is 0 Å². The van der Waals surface area contributed by atoms with Crippen LogP contribution in [0.2, 0.25) is 0 Å². The van der Waals surface area contributed by atoms with E-state index in [0.29, 0.717) is 12.0 Å². The van der Waals surface area contributed by atoms with Gasteiger partial charge in [-0.1, -0.05) is 6.92 Å². The molecule has 0 saturated carbocycles. The molecule has 0 aromatic carbocycles. The molecule has 2 atom stereocenters. The van der Waals surface area contributed by atoms with Crippen LogP contribution < -0.4 is 5.32 Å². The topological polar surface area (TPSA) is 12.0 Å². The lowest BCUT2D eigenvalue weighted by Gasteiger charge is -2.31. The van der Waals surface area contributed by atoms with Gasteiger partial charge in [-0.15, -0.1) is 22.7 Å². The van der Waals surface area contributed by atoms with Crippen LogP contribution in [0, 0.1) is 6.92 Å². The van der Waals surface area contributed by atoms with Crippen LogP contribution in [0.4, 0.5) is 0 Å². The molecule has 3 heteroatoms. The molecule has 0 aliphatic heterocycles. The van der Waals surface area contributed by atoms with Gasteiger partial charge < -0.3 is 5.32 Å². The molecule has 0 fully saturated rings. The first-order valence-corrected chi connectivity index (χ1v) is 9.35. The maximum absolute atomic E-state index is 3.81. The Labute approximate surface area is 130 Å². The largest absolute Gasteiger partial charge is 0.309 e. The molecule has 108 valence electrons. The van der Waals surface area contributed by atoms with Crippen LogP contribution in [-0.2, 0) is 6.42 Å². The van der Waals surface area contributed by atoms with Crippen molar-refractivity contribution >= 4 is 22.7 Å². The lowest BCUT2D eigenvalue weighted by atomic mass is 9.82. The molecule has 0 radical (unpaired) electrons. The predicted molar refractivity (Wildman–Crippen MR) is 90.1 cm³/mol. The van der Waals surface area contributed by atoms with Gasteiger partial charge in [-0.3, -0.25) is 0 Å². The first kappa shape index (κ1) is 14.3. The van der Waals surface area contributed by atoms with Crippen LogP contribution in [0.5, 0.6) is 0 Å². The fraction of sp³-hybridized carbons (Fsp3) is 0.529. The van der Waals surface area contributed by atoms with Crippen molar-refractivity contribution in [1.29, 1.82) is 0 Å². The van der Waals surface area contributed by atoms with E-state index in [1.54, 1.807) is 10.4 Å². The molecule has 2 aromatic heterocycles. The number of thiophene rings is 2. The zero-order valence-corrected chi connectivity index (χ0v) is 13.9. The minimum Gasteiger partial charge on any atom is -0.309 e.